The van der Waals surface area contributed by atoms with Gasteiger partial charge in [-0.3, -0.25) is 9.59 Å². The molecule has 2 aromatic carbocycles. The van der Waals surface area contributed by atoms with E-state index in [1.807, 2.05) is 48.5 Å². The van der Waals surface area contributed by atoms with Gasteiger partial charge < -0.3 is 14.8 Å². The number of rotatable bonds is 10. The molecule has 0 spiro atoms. The highest BCUT2D eigenvalue weighted by atomic mass is 16.5. The summed E-state index contributed by atoms with van der Waals surface area (Å²) in [5.74, 6) is 1.49. The summed E-state index contributed by atoms with van der Waals surface area (Å²) in [4.78, 5) is 24.3. The Balaban J connectivity index is 1.50. The van der Waals surface area contributed by atoms with Crippen LogP contribution in [0.25, 0.3) is 11.3 Å². The van der Waals surface area contributed by atoms with Gasteiger partial charge in [0.25, 0.3) is 5.56 Å². The second kappa shape index (κ2) is 11.0. The van der Waals surface area contributed by atoms with Crippen LogP contribution in [0, 0.1) is 0 Å². The maximum Gasteiger partial charge on any atom is 0.266 e. The van der Waals surface area contributed by atoms with E-state index in [4.69, 9.17) is 9.47 Å². The second-order valence-corrected chi connectivity index (χ2v) is 7.03. The molecule has 1 amide bonds. The number of nitrogens with zero attached hydrogens (tertiary/aromatic N) is 2. The van der Waals surface area contributed by atoms with E-state index >= 15 is 0 Å². The van der Waals surface area contributed by atoms with Crippen LogP contribution in [0.1, 0.15) is 18.4 Å². The van der Waals surface area contributed by atoms with Crippen molar-refractivity contribution in [2.24, 2.45) is 0 Å². The number of aryl methyl sites for hydroxylation is 1. The number of carbonyl (C=O) groups is 1. The summed E-state index contributed by atoms with van der Waals surface area (Å²) in [5.41, 5.74) is 2.40. The zero-order valence-corrected chi connectivity index (χ0v) is 17.8. The third-order valence-corrected chi connectivity index (χ3v) is 4.91. The fourth-order valence-corrected chi connectivity index (χ4v) is 3.27. The van der Waals surface area contributed by atoms with Crippen LogP contribution in [0.2, 0.25) is 0 Å². The highest BCUT2D eigenvalue weighted by Crippen LogP contribution is 2.21. The van der Waals surface area contributed by atoms with Gasteiger partial charge in [0.1, 0.15) is 11.5 Å². The van der Waals surface area contributed by atoms with Crippen molar-refractivity contribution in [2.75, 3.05) is 20.8 Å². The van der Waals surface area contributed by atoms with Gasteiger partial charge in [0.2, 0.25) is 5.91 Å². The third kappa shape index (κ3) is 6.18. The third-order valence-electron chi connectivity index (χ3n) is 4.91. The predicted octanol–water partition coefficient (Wildman–Crippen LogP) is 3.07. The Hall–Kier alpha value is -3.61. The molecule has 162 valence electrons. The molecule has 1 aromatic heterocycles. The number of hydrogen-bond donors (Lipinski definition) is 1. The molecule has 0 fully saturated rings. The first-order valence-electron chi connectivity index (χ1n) is 10.2. The van der Waals surface area contributed by atoms with E-state index in [1.165, 1.54) is 10.7 Å². The summed E-state index contributed by atoms with van der Waals surface area (Å²) < 4.78 is 12.0. The number of ether oxygens (including phenoxy) is 2. The van der Waals surface area contributed by atoms with E-state index in [1.54, 1.807) is 20.3 Å². The van der Waals surface area contributed by atoms with Crippen molar-refractivity contribution in [3.8, 4) is 22.8 Å². The Bertz CT molecular complexity index is 1080. The van der Waals surface area contributed by atoms with E-state index in [0.29, 0.717) is 38.0 Å². The lowest BCUT2D eigenvalue weighted by Gasteiger charge is -2.10. The van der Waals surface area contributed by atoms with Crippen LogP contribution in [0.3, 0.4) is 0 Å². The van der Waals surface area contributed by atoms with Crippen LogP contribution in [-0.2, 0) is 17.8 Å². The van der Waals surface area contributed by atoms with Crippen LogP contribution < -0.4 is 20.3 Å². The largest absolute Gasteiger partial charge is 0.497 e. The summed E-state index contributed by atoms with van der Waals surface area (Å²) in [5, 5.41) is 7.36. The van der Waals surface area contributed by atoms with Crippen LogP contribution in [0.15, 0.2) is 65.5 Å². The minimum atomic E-state index is -0.191. The molecule has 0 saturated heterocycles. The minimum absolute atomic E-state index is 0.0492. The number of aromatic nitrogens is 2. The molecule has 0 aliphatic heterocycles. The van der Waals surface area contributed by atoms with Crippen LogP contribution >= 0.6 is 0 Å². The highest BCUT2D eigenvalue weighted by molar-refractivity contribution is 5.75. The molecule has 0 atom stereocenters. The molecule has 0 aliphatic carbocycles. The zero-order chi connectivity index (χ0) is 22.1. The molecular weight excluding hydrogens is 394 g/mol. The number of methoxy groups -OCH3 is 2. The molecule has 31 heavy (non-hydrogen) atoms. The maximum atomic E-state index is 12.2. The fourth-order valence-electron chi connectivity index (χ4n) is 3.27. The second-order valence-electron chi connectivity index (χ2n) is 7.03. The van der Waals surface area contributed by atoms with Crippen LogP contribution in [-0.4, -0.2) is 36.5 Å². The van der Waals surface area contributed by atoms with E-state index in [0.717, 1.165) is 22.6 Å². The maximum absolute atomic E-state index is 12.2. The Morgan fingerprint density at radius 1 is 1.03 bits per heavy atom. The van der Waals surface area contributed by atoms with Crippen LogP contribution in [0.5, 0.6) is 11.5 Å². The number of benzene rings is 2. The molecule has 0 radical (unpaired) electrons. The molecule has 3 aromatic rings. The monoisotopic (exact) mass is 421 g/mol. The summed E-state index contributed by atoms with van der Waals surface area (Å²) in [7, 11) is 3.24. The van der Waals surface area contributed by atoms with Gasteiger partial charge in [0.15, 0.2) is 0 Å². The molecule has 0 aliphatic rings. The number of hydrogen-bond acceptors (Lipinski definition) is 5. The molecule has 0 bridgehead atoms. The van der Waals surface area contributed by atoms with Gasteiger partial charge in [-0.15, -0.1) is 0 Å². The number of nitrogens with one attached hydrogen (secondary N) is 1. The highest BCUT2D eigenvalue weighted by Gasteiger charge is 2.07. The number of amides is 1. The van der Waals surface area contributed by atoms with E-state index in [9.17, 15) is 9.59 Å². The smallest absolute Gasteiger partial charge is 0.266 e. The average molecular weight is 421 g/mol. The van der Waals surface area contributed by atoms with Crippen molar-refractivity contribution in [3.63, 3.8) is 0 Å². The predicted molar refractivity (Wildman–Crippen MR) is 119 cm³/mol. The molecule has 0 saturated carbocycles. The Morgan fingerprint density at radius 2 is 1.87 bits per heavy atom. The molecule has 0 unspecified atom stereocenters. The van der Waals surface area contributed by atoms with Crippen molar-refractivity contribution < 1.29 is 14.3 Å². The van der Waals surface area contributed by atoms with Crippen molar-refractivity contribution in [1.29, 1.82) is 0 Å². The fraction of sp³-hybridized carbons (Fsp3) is 0.292. The lowest BCUT2D eigenvalue weighted by Crippen LogP contribution is -2.27. The van der Waals surface area contributed by atoms with Crippen molar-refractivity contribution in [3.05, 3.63) is 76.6 Å². The van der Waals surface area contributed by atoms with E-state index in [-0.39, 0.29) is 11.5 Å². The Morgan fingerprint density at radius 3 is 2.68 bits per heavy atom. The zero-order valence-electron chi connectivity index (χ0n) is 17.8. The van der Waals surface area contributed by atoms with Gasteiger partial charge in [-0.1, -0.05) is 30.3 Å². The first-order valence-corrected chi connectivity index (χ1v) is 10.2. The number of carbonyl (C=O) groups excluding carboxylic acids is 1. The van der Waals surface area contributed by atoms with Gasteiger partial charge in [-0.05, 0) is 42.7 Å². The van der Waals surface area contributed by atoms with Gasteiger partial charge in [-0.25, -0.2) is 4.68 Å². The van der Waals surface area contributed by atoms with Gasteiger partial charge in [0, 0.05) is 31.1 Å². The topological polar surface area (TPSA) is 82.5 Å². The molecule has 1 heterocycles. The summed E-state index contributed by atoms with van der Waals surface area (Å²) in [6, 6.07) is 18.4. The lowest BCUT2D eigenvalue weighted by atomic mass is 10.1. The minimum Gasteiger partial charge on any atom is -0.497 e. The standard InChI is InChI=1S/C24H27N3O4/c1-30-20-9-5-8-19(17-20)21-12-13-24(29)27(26-21)16-6-11-23(28)25-15-14-18-7-3-4-10-22(18)31-2/h3-5,7-10,12-13,17H,6,11,14-16H2,1-2H3,(H,25,28). The molecular formula is C24H27N3O4. The summed E-state index contributed by atoms with van der Waals surface area (Å²) >= 11 is 0. The SMILES string of the molecule is COc1cccc(-c2ccc(=O)n(CCCC(=O)NCCc3ccccc3OC)n2)c1. The Labute approximate surface area is 181 Å². The summed E-state index contributed by atoms with van der Waals surface area (Å²) in [6.45, 7) is 0.902. The van der Waals surface area contributed by atoms with Crippen molar-refractivity contribution >= 4 is 5.91 Å². The molecule has 7 heteroatoms. The Kier molecular flexibility index (Phi) is 7.81. The van der Waals surface area contributed by atoms with Gasteiger partial charge >= 0.3 is 0 Å². The van der Waals surface area contributed by atoms with Gasteiger partial charge in [-0.2, -0.15) is 5.10 Å². The first kappa shape index (κ1) is 22.1. The van der Waals surface area contributed by atoms with Crippen molar-refractivity contribution in [2.45, 2.75) is 25.8 Å². The van der Waals surface area contributed by atoms with E-state index in [2.05, 4.69) is 10.4 Å². The van der Waals surface area contributed by atoms with E-state index < -0.39 is 0 Å². The first-order chi connectivity index (χ1) is 15.1. The molecule has 3 rings (SSSR count). The molecule has 1 N–H and O–H groups in total. The van der Waals surface area contributed by atoms with Crippen LogP contribution in [0.4, 0.5) is 0 Å². The normalized spacial score (nSPS) is 10.5. The summed E-state index contributed by atoms with van der Waals surface area (Å²) in [6.07, 6.45) is 1.54. The van der Waals surface area contributed by atoms with Crippen molar-refractivity contribution in [1.82, 2.24) is 15.1 Å². The average Bonchev–Trinajstić information content (AvgIpc) is 2.80. The lowest BCUT2D eigenvalue weighted by molar-refractivity contribution is -0.121. The number of para-hydroxylation sites is 1. The van der Waals surface area contributed by atoms with Gasteiger partial charge in [0.05, 0.1) is 19.9 Å². The molecule has 7 nitrogen and oxygen atoms in total. The quantitative estimate of drug-likeness (QED) is 0.544.